The second kappa shape index (κ2) is 6.94. The highest BCUT2D eigenvalue weighted by molar-refractivity contribution is 9.10. The topological polar surface area (TPSA) is 63.0 Å². The lowest BCUT2D eigenvalue weighted by Crippen LogP contribution is -2.52. The molecule has 9 heteroatoms. The molecule has 3 heterocycles. The van der Waals surface area contributed by atoms with E-state index in [9.17, 15) is 4.79 Å². The van der Waals surface area contributed by atoms with E-state index in [4.69, 9.17) is 4.74 Å². The maximum atomic E-state index is 13.2. The van der Waals surface area contributed by atoms with Gasteiger partial charge in [0.05, 0.1) is 30.7 Å². The fourth-order valence-electron chi connectivity index (χ4n) is 3.52. The Labute approximate surface area is 174 Å². The second-order valence-corrected chi connectivity index (χ2v) is 8.08. The summed E-state index contributed by atoms with van der Waals surface area (Å²) >= 11 is 7.07. The number of halogens is 2. The molecule has 142 valence electrons. The molecule has 0 aliphatic carbocycles. The van der Waals surface area contributed by atoms with Gasteiger partial charge in [0.15, 0.2) is 16.2 Å². The minimum absolute atomic E-state index is 0.0672. The van der Waals surface area contributed by atoms with E-state index in [-0.39, 0.29) is 11.9 Å². The smallest absolute Gasteiger partial charge is 0.281 e. The fourth-order valence-corrected chi connectivity index (χ4v) is 4.58. The van der Waals surface area contributed by atoms with Crippen LogP contribution in [0.1, 0.15) is 29.9 Å². The molecule has 7 nitrogen and oxygen atoms in total. The predicted molar refractivity (Wildman–Crippen MR) is 111 cm³/mol. The second-order valence-electron chi connectivity index (χ2n) is 6.52. The highest BCUT2D eigenvalue weighted by Gasteiger charge is 2.43. The van der Waals surface area contributed by atoms with Crippen LogP contribution in [0.3, 0.4) is 0 Å². The molecule has 1 amide bonds. The third-order valence-electron chi connectivity index (χ3n) is 4.85. The molecule has 2 aromatic rings. The zero-order valence-electron chi connectivity index (χ0n) is 15.2. The van der Waals surface area contributed by atoms with Crippen molar-refractivity contribution in [1.29, 1.82) is 0 Å². The van der Waals surface area contributed by atoms with Gasteiger partial charge in [-0.3, -0.25) is 19.6 Å². The van der Waals surface area contributed by atoms with Gasteiger partial charge < -0.3 is 9.30 Å². The summed E-state index contributed by atoms with van der Waals surface area (Å²) in [7, 11) is 1.64. The van der Waals surface area contributed by atoms with Crippen LogP contribution in [-0.2, 0) is 6.54 Å². The van der Waals surface area contributed by atoms with Crippen LogP contribution in [0.4, 0.5) is 5.82 Å². The molecule has 1 aromatic heterocycles. The number of guanidine groups is 1. The number of ether oxygens (including phenoxy) is 1. The quantitative estimate of drug-likeness (QED) is 0.649. The molecule has 1 atom stereocenters. The monoisotopic (exact) mass is 495 g/mol. The number of methoxy groups -OCH3 is 1. The Morgan fingerprint density at radius 3 is 2.78 bits per heavy atom. The third-order valence-corrected chi connectivity index (χ3v) is 6.07. The van der Waals surface area contributed by atoms with Gasteiger partial charge in [0.25, 0.3) is 5.91 Å². The van der Waals surface area contributed by atoms with Crippen molar-refractivity contribution in [1.82, 2.24) is 14.5 Å². The number of anilines is 1. The first kappa shape index (κ1) is 18.5. The van der Waals surface area contributed by atoms with E-state index in [2.05, 4.69) is 53.7 Å². The van der Waals surface area contributed by atoms with Crippen molar-refractivity contribution in [3.05, 3.63) is 38.7 Å². The first-order valence-electron chi connectivity index (χ1n) is 8.70. The van der Waals surface area contributed by atoms with Gasteiger partial charge in [-0.25, -0.2) is 4.98 Å². The number of fused-ring (bicyclic) bond motifs is 3. The SMILES string of the molecule is CCN1C(=O)c2c(nc(Br)n2Cc2ccc(OC)c(Br)c2)N2C1=NCC2C. The van der Waals surface area contributed by atoms with Gasteiger partial charge in [0, 0.05) is 6.54 Å². The average molecular weight is 497 g/mol. The van der Waals surface area contributed by atoms with Crippen LogP contribution >= 0.6 is 31.9 Å². The lowest BCUT2D eigenvalue weighted by molar-refractivity contribution is 0.0835. The number of aromatic nitrogens is 2. The number of hydrogen-bond donors (Lipinski definition) is 0. The highest BCUT2D eigenvalue weighted by atomic mass is 79.9. The molecule has 0 saturated heterocycles. The molecule has 0 N–H and O–H groups in total. The zero-order chi connectivity index (χ0) is 19.3. The number of amides is 1. The zero-order valence-corrected chi connectivity index (χ0v) is 18.4. The summed E-state index contributed by atoms with van der Waals surface area (Å²) in [6, 6.07) is 6.06. The lowest BCUT2D eigenvalue weighted by atomic mass is 10.2. The Hall–Kier alpha value is -1.87. The molecular formula is C18H19Br2N5O2. The van der Waals surface area contributed by atoms with Crippen LogP contribution in [0.2, 0.25) is 0 Å². The van der Waals surface area contributed by atoms with Crippen molar-refractivity contribution in [2.45, 2.75) is 26.4 Å². The van der Waals surface area contributed by atoms with Crippen molar-refractivity contribution in [3.8, 4) is 5.75 Å². The van der Waals surface area contributed by atoms with E-state index in [1.807, 2.05) is 29.7 Å². The fraction of sp³-hybridized carbons (Fsp3) is 0.389. The number of rotatable bonds is 4. The van der Waals surface area contributed by atoms with Crippen molar-refractivity contribution in [2.24, 2.45) is 4.99 Å². The number of imidazole rings is 1. The molecule has 1 unspecified atom stereocenters. The number of benzene rings is 1. The van der Waals surface area contributed by atoms with Crippen LogP contribution in [0.5, 0.6) is 5.75 Å². The molecule has 0 spiro atoms. The largest absolute Gasteiger partial charge is 0.496 e. The van der Waals surface area contributed by atoms with Crippen LogP contribution in [-0.4, -0.2) is 52.6 Å². The Bertz CT molecular complexity index is 955. The number of hydrogen-bond acceptors (Lipinski definition) is 5. The predicted octanol–water partition coefficient (Wildman–Crippen LogP) is 3.51. The summed E-state index contributed by atoms with van der Waals surface area (Å²) < 4.78 is 8.71. The van der Waals surface area contributed by atoms with Gasteiger partial charge >= 0.3 is 0 Å². The van der Waals surface area contributed by atoms with Crippen LogP contribution in [0, 0.1) is 0 Å². The normalized spacial score (nSPS) is 18.5. The van der Waals surface area contributed by atoms with Gasteiger partial charge in [0.1, 0.15) is 5.75 Å². The summed E-state index contributed by atoms with van der Waals surface area (Å²) in [4.78, 5) is 26.2. The van der Waals surface area contributed by atoms with Crippen molar-refractivity contribution in [2.75, 3.05) is 25.1 Å². The highest BCUT2D eigenvalue weighted by Crippen LogP contribution is 2.35. The Kier molecular flexibility index (Phi) is 4.75. The Morgan fingerprint density at radius 1 is 1.33 bits per heavy atom. The van der Waals surface area contributed by atoms with Crippen molar-refractivity contribution >= 4 is 49.5 Å². The van der Waals surface area contributed by atoms with Crippen molar-refractivity contribution in [3.63, 3.8) is 0 Å². The van der Waals surface area contributed by atoms with Gasteiger partial charge in [0.2, 0.25) is 5.96 Å². The van der Waals surface area contributed by atoms with E-state index in [0.717, 1.165) is 15.8 Å². The molecule has 0 bridgehead atoms. The minimum atomic E-state index is -0.0672. The van der Waals surface area contributed by atoms with Gasteiger partial charge in [-0.2, -0.15) is 0 Å². The molecule has 4 rings (SSSR count). The van der Waals surface area contributed by atoms with Gasteiger partial charge in [-0.1, -0.05) is 6.07 Å². The average Bonchev–Trinajstić information content (AvgIpc) is 3.17. The lowest BCUT2D eigenvalue weighted by Gasteiger charge is -2.35. The number of nitrogens with zero attached hydrogens (tertiary/aromatic N) is 5. The maximum Gasteiger partial charge on any atom is 0.281 e. The van der Waals surface area contributed by atoms with E-state index < -0.39 is 0 Å². The summed E-state index contributed by atoms with van der Waals surface area (Å²) in [5, 5.41) is 0. The first-order valence-corrected chi connectivity index (χ1v) is 10.3. The van der Waals surface area contributed by atoms with Gasteiger partial charge in [-0.05, 0) is 63.4 Å². The molecular weight excluding hydrogens is 478 g/mol. The molecule has 0 saturated carbocycles. The molecule has 27 heavy (non-hydrogen) atoms. The molecule has 0 radical (unpaired) electrons. The summed E-state index contributed by atoms with van der Waals surface area (Å²) in [5.74, 6) is 2.08. The minimum Gasteiger partial charge on any atom is -0.496 e. The molecule has 2 aliphatic rings. The number of carbonyl (C=O) groups excluding carboxylic acids is 1. The van der Waals surface area contributed by atoms with Crippen LogP contribution in [0.25, 0.3) is 0 Å². The number of aliphatic imine (C=N–C) groups is 1. The maximum absolute atomic E-state index is 13.2. The standard InChI is InChI=1S/C18H19Br2N5O2/c1-4-23-16(26)14-15(25-10(2)8-21-18(23)25)22-17(20)24(14)9-11-5-6-13(27-3)12(19)7-11/h5-7,10H,4,8-9H2,1-3H3. The van der Waals surface area contributed by atoms with Crippen LogP contribution in [0.15, 0.2) is 32.4 Å². The summed E-state index contributed by atoms with van der Waals surface area (Å²) in [5.41, 5.74) is 1.62. The van der Waals surface area contributed by atoms with E-state index in [1.54, 1.807) is 12.0 Å². The Balaban J connectivity index is 1.79. The number of carbonyl (C=O) groups is 1. The summed E-state index contributed by atoms with van der Waals surface area (Å²) in [6.45, 7) is 5.80. The first-order chi connectivity index (χ1) is 13.0. The summed E-state index contributed by atoms with van der Waals surface area (Å²) in [6.07, 6.45) is 0. The third kappa shape index (κ3) is 2.87. The molecule has 1 aromatic carbocycles. The van der Waals surface area contributed by atoms with Crippen molar-refractivity contribution < 1.29 is 9.53 Å². The molecule has 2 aliphatic heterocycles. The van der Waals surface area contributed by atoms with Crippen LogP contribution < -0.4 is 9.64 Å². The van der Waals surface area contributed by atoms with E-state index in [1.165, 1.54) is 0 Å². The van der Waals surface area contributed by atoms with E-state index in [0.29, 0.717) is 41.8 Å². The Morgan fingerprint density at radius 2 is 2.11 bits per heavy atom. The van der Waals surface area contributed by atoms with E-state index >= 15 is 0 Å². The van der Waals surface area contributed by atoms with Gasteiger partial charge in [-0.15, -0.1) is 0 Å². The molecule has 0 fully saturated rings.